The predicted molar refractivity (Wildman–Crippen MR) is 60.1 cm³/mol. The molecular weight excluding hydrogens is 264 g/mol. The van der Waals surface area contributed by atoms with Gasteiger partial charge in [-0.25, -0.2) is 4.98 Å². The van der Waals surface area contributed by atoms with Crippen molar-refractivity contribution in [2.45, 2.75) is 13.0 Å². The molecule has 0 bridgehead atoms. The summed E-state index contributed by atoms with van der Waals surface area (Å²) < 4.78 is 6.22. The fourth-order valence-corrected chi connectivity index (χ4v) is 2.44. The summed E-state index contributed by atoms with van der Waals surface area (Å²) in [4.78, 5) is 5.31. The third-order valence-corrected chi connectivity index (χ3v) is 3.61. The van der Waals surface area contributed by atoms with Crippen LogP contribution in [0.2, 0.25) is 0 Å². The molecule has 5 heteroatoms. The molecule has 1 atom stereocenters. The van der Waals surface area contributed by atoms with Crippen molar-refractivity contribution in [2.24, 2.45) is 5.73 Å². The second-order valence-corrected chi connectivity index (χ2v) is 4.87. The highest BCUT2D eigenvalue weighted by Gasteiger charge is 2.12. The molecule has 2 aromatic rings. The highest BCUT2D eigenvalue weighted by atomic mass is 79.9. The van der Waals surface area contributed by atoms with Crippen LogP contribution in [0, 0.1) is 0 Å². The van der Waals surface area contributed by atoms with Crippen LogP contribution >= 0.6 is 27.3 Å². The van der Waals surface area contributed by atoms with Gasteiger partial charge in [0.05, 0.1) is 10.7 Å². The molecule has 0 radical (unpaired) electrons. The van der Waals surface area contributed by atoms with E-state index in [1.54, 1.807) is 23.8 Å². The number of aromatic nitrogens is 1. The molecule has 14 heavy (non-hydrogen) atoms. The Hall–Kier alpha value is -0.650. The number of rotatable bonds is 2. The van der Waals surface area contributed by atoms with Crippen LogP contribution in [0.5, 0.6) is 0 Å². The molecule has 1 unspecified atom stereocenters. The molecule has 0 aromatic carbocycles. The largest absolute Gasteiger partial charge is 0.461 e. The van der Waals surface area contributed by atoms with Crippen molar-refractivity contribution in [1.82, 2.24) is 4.98 Å². The van der Waals surface area contributed by atoms with Crippen LogP contribution in [0.3, 0.4) is 0 Å². The molecule has 0 aliphatic carbocycles. The van der Waals surface area contributed by atoms with Crippen LogP contribution in [0.15, 0.2) is 27.4 Å². The molecule has 2 N–H and O–H groups in total. The van der Waals surface area contributed by atoms with Crippen LogP contribution in [0.25, 0.3) is 10.8 Å². The molecule has 3 nitrogen and oxygen atoms in total. The number of halogens is 1. The molecule has 0 fully saturated rings. The van der Waals surface area contributed by atoms with E-state index in [1.807, 2.05) is 13.0 Å². The number of nitrogens with two attached hydrogens (primary N) is 1. The molecule has 2 heterocycles. The number of hydrogen-bond acceptors (Lipinski definition) is 4. The van der Waals surface area contributed by atoms with Crippen molar-refractivity contribution in [3.05, 3.63) is 27.9 Å². The Bertz CT molecular complexity index is 435. The van der Waals surface area contributed by atoms with Gasteiger partial charge in [-0.1, -0.05) is 0 Å². The monoisotopic (exact) mass is 272 g/mol. The van der Waals surface area contributed by atoms with Crippen LogP contribution in [0.1, 0.15) is 17.8 Å². The zero-order chi connectivity index (χ0) is 10.1. The fourth-order valence-electron chi connectivity index (χ4n) is 1.05. The summed E-state index contributed by atoms with van der Waals surface area (Å²) in [6.45, 7) is 1.94. The van der Waals surface area contributed by atoms with Crippen LogP contribution in [0.4, 0.5) is 0 Å². The van der Waals surface area contributed by atoms with Gasteiger partial charge < -0.3 is 10.2 Å². The maximum absolute atomic E-state index is 5.75. The third-order valence-electron chi connectivity index (χ3n) is 1.78. The lowest BCUT2D eigenvalue weighted by atomic mass is 10.3. The zero-order valence-corrected chi connectivity index (χ0v) is 9.93. The van der Waals surface area contributed by atoms with Crippen LogP contribution < -0.4 is 5.73 Å². The minimum atomic E-state index is 0.0231. The number of hydrogen-bond donors (Lipinski definition) is 1. The van der Waals surface area contributed by atoms with E-state index in [2.05, 4.69) is 20.9 Å². The van der Waals surface area contributed by atoms with Crippen molar-refractivity contribution in [3.63, 3.8) is 0 Å². The first-order valence-electron chi connectivity index (χ1n) is 4.13. The van der Waals surface area contributed by atoms with Gasteiger partial charge in [-0.2, -0.15) is 0 Å². The van der Waals surface area contributed by atoms with Gasteiger partial charge in [0.1, 0.15) is 0 Å². The summed E-state index contributed by atoms with van der Waals surface area (Å²) in [7, 11) is 0. The summed E-state index contributed by atoms with van der Waals surface area (Å²) in [5.41, 5.74) is 5.75. The lowest BCUT2D eigenvalue weighted by Gasteiger charge is -1.96. The SMILES string of the molecule is CC(N)c1cnc(-c2occc2Br)s1. The maximum atomic E-state index is 5.75. The van der Waals surface area contributed by atoms with E-state index in [0.29, 0.717) is 0 Å². The molecule has 0 aliphatic heterocycles. The molecule has 0 amide bonds. The van der Waals surface area contributed by atoms with Gasteiger partial charge in [0, 0.05) is 17.1 Å². The predicted octanol–water partition coefficient (Wildman–Crippen LogP) is 3.19. The molecule has 0 saturated heterocycles. The third kappa shape index (κ3) is 1.75. The Labute approximate surface area is 94.1 Å². The minimum absolute atomic E-state index is 0.0231. The highest BCUT2D eigenvalue weighted by Crippen LogP contribution is 2.33. The quantitative estimate of drug-likeness (QED) is 0.914. The van der Waals surface area contributed by atoms with Crippen molar-refractivity contribution < 1.29 is 4.42 Å². The molecule has 2 aromatic heterocycles. The molecule has 2 rings (SSSR count). The summed E-state index contributed by atoms with van der Waals surface area (Å²) in [5.74, 6) is 0.766. The van der Waals surface area contributed by atoms with Gasteiger partial charge in [-0.15, -0.1) is 11.3 Å². The molecule has 0 spiro atoms. The Morgan fingerprint density at radius 3 is 2.93 bits per heavy atom. The molecular formula is C9H9BrN2OS. The minimum Gasteiger partial charge on any atom is -0.461 e. The number of thiazole rings is 1. The second kappa shape index (κ2) is 3.84. The van der Waals surface area contributed by atoms with Gasteiger partial charge >= 0.3 is 0 Å². The summed E-state index contributed by atoms with van der Waals surface area (Å²) in [6.07, 6.45) is 3.42. The van der Waals surface area contributed by atoms with Crippen molar-refractivity contribution in [3.8, 4) is 10.8 Å². The first-order chi connectivity index (χ1) is 6.68. The van der Waals surface area contributed by atoms with Gasteiger partial charge in [0.25, 0.3) is 0 Å². The lowest BCUT2D eigenvalue weighted by molar-refractivity contribution is 0.580. The van der Waals surface area contributed by atoms with Gasteiger partial charge in [0.2, 0.25) is 0 Å². The average molecular weight is 273 g/mol. The first kappa shape index (κ1) is 9.89. The van der Waals surface area contributed by atoms with E-state index in [0.717, 1.165) is 20.1 Å². The van der Waals surface area contributed by atoms with Gasteiger partial charge in [0.15, 0.2) is 10.8 Å². The fraction of sp³-hybridized carbons (Fsp3) is 0.222. The van der Waals surface area contributed by atoms with Crippen molar-refractivity contribution in [2.75, 3.05) is 0 Å². The normalized spacial score (nSPS) is 13.1. The van der Waals surface area contributed by atoms with Crippen LogP contribution in [-0.2, 0) is 0 Å². The van der Waals surface area contributed by atoms with E-state index in [1.165, 1.54) is 0 Å². The smallest absolute Gasteiger partial charge is 0.176 e. The van der Waals surface area contributed by atoms with Gasteiger partial charge in [-0.05, 0) is 28.9 Å². The molecule has 0 aliphatic rings. The maximum Gasteiger partial charge on any atom is 0.176 e. The van der Waals surface area contributed by atoms with E-state index < -0.39 is 0 Å². The number of nitrogens with zero attached hydrogens (tertiary/aromatic N) is 1. The Kier molecular flexibility index (Phi) is 2.71. The number of furan rings is 1. The Morgan fingerprint density at radius 1 is 1.64 bits per heavy atom. The Balaban J connectivity index is 2.39. The van der Waals surface area contributed by atoms with Crippen LogP contribution in [-0.4, -0.2) is 4.98 Å². The van der Waals surface area contributed by atoms with Gasteiger partial charge in [-0.3, -0.25) is 0 Å². The zero-order valence-electron chi connectivity index (χ0n) is 7.53. The second-order valence-electron chi connectivity index (χ2n) is 2.95. The average Bonchev–Trinajstić information content (AvgIpc) is 2.71. The topological polar surface area (TPSA) is 52.0 Å². The van der Waals surface area contributed by atoms with Crippen molar-refractivity contribution in [1.29, 1.82) is 0 Å². The standard InChI is InChI=1S/C9H9BrN2OS/c1-5(11)7-4-12-9(14-7)8-6(10)2-3-13-8/h2-5H,11H2,1H3. The van der Waals surface area contributed by atoms with E-state index in [-0.39, 0.29) is 6.04 Å². The lowest BCUT2D eigenvalue weighted by Crippen LogP contribution is -2.01. The van der Waals surface area contributed by atoms with Crippen molar-refractivity contribution >= 4 is 27.3 Å². The summed E-state index contributed by atoms with van der Waals surface area (Å²) in [6, 6.07) is 1.87. The van der Waals surface area contributed by atoms with E-state index >= 15 is 0 Å². The molecule has 0 saturated carbocycles. The van der Waals surface area contributed by atoms with E-state index in [9.17, 15) is 0 Å². The first-order valence-corrected chi connectivity index (χ1v) is 5.74. The Morgan fingerprint density at radius 2 is 2.43 bits per heavy atom. The summed E-state index contributed by atoms with van der Waals surface area (Å²) in [5, 5.41) is 0.856. The van der Waals surface area contributed by atoms with E-state index in [4.69, 9.17) is 10.2 Å². The highest BCUT2D eigenvalue weighted by molar-refractivity contribution is 9.10. The summed E-state index contributed by atoms with van der Waals surface area (Å²) >= 11 is 4.94. The molecule has 74 valence electrons.